The van der Waals surface area contributed by atoms with E-state index >= 15 is 0 Å². The van der Waals surface area contributed by atoms with Crippen LogP contribution in [-0.4, -0.2) is 48.6 Å². The van der Waals surface area contributed by atoms with Crippen LogP contribution in [0.25, 0.3) is 0 Å². The predicted octanol–water partition coefficient (Wildman–Crippen LogP) is 1.02. The van der Waals surface area contributed by atoms with Gasteiger partial charge in [-0.1, -0.05) is 0 Å². The van der Waals surface area contributed by atoms with Crippen LogP contribution in [0.2, 0.25) is 0 Å². The van der Waals surface area contributed by atoms with Gasteiger partial charge in [-0.15, -0.1) is 0 Å². The average molecular weight is 258 g/mol. The topological polar surface area (TPSA) is 64.5 Å². The fraction of sp³-hybridized carbons (Fsp3) is 1.00. The summed E-state index contributed by atoms with van der Waals surface area (Å²) in [6.07, 6.45) is 8.59. The average Bonchev–Trinajstić information content (AvgIpc) is 2.39. The summed E-state index contributed by atoms with van der Waals surface area (Å²) in [5.74, 6) is 0. The molecule has 2 aliphatic carbocycles. The molecule has 18 heavy (non-hydrogen) atoms. The highest BCUT2D eigenvalue weighted by Crippen LogP contribution is 2.18. The molecule has 4 heteroatoms. The SMILES string of the molecule is CN[C@@H]1CCC[C@@H](O)C1.CN[C@H]1CCC[C@H](O)C1. The highest BCUT2D eigenvalue weighted by molar-refractivity contribution is 4.76. The number of hydrogen-bond acceptors (Lipinski definition) is 4. The molecule has 4 nitrogen and oxygen atoms in total. The molecule has 2 rings (SSSR count). The maximum Gasteiger partial charge on any atom is 0.0555 e. The van der Waals surface area contributed by atoms with E-state index in [1.165, 1.54) is 25.7 Å². The molecule has 0 heterocycles. The third kappa shape index (κ3) is 6.14. The molecule has 2 aliphatic rings. The molecule has 4 N–H and O–H groups in total. The summed E-state index contributed by atoms with van der Waals surface area (Å²) < 4.78 is 0. The molecule has 0 bridgehead atoms. The summed E-state index contributed by atoms with van der Waals surface area (Å²) in [4.78, 5) is 0. The first kappa shape index (κ1) is 15.9. The van der Waals surface area contributed by atoms with Gasteiger partial charge in [0.1, 0.15) is 0 Å². The van der Waals surface area contributed by atoms with Gasteiger partial charge in [0.15, 0.2) is 0 Å². The van der Waals surface area contributed by atoms with Crippen LogP contribution in [0, 0.1) is 0 Å². The van der Waals surface area contributed by atoms with Crippen molar-refractivity contribution in [1.82, 2.24) is 10.6 Å². The van der Waals surface area contributed by atoms with E-state index < -0.39 is 0 Å². The van der Waals surface area contributed by atoms with Gasteiger partial charge >= 0.3 is 0 Å². The predicted molar refractivity (Wildman–Crippen MR) is 74.6 cm³/mol. The van der Waals surface area contributed by atoms with E-state index in [4.69, 9.17) is 0 Å². The summed E-state index contributed by atoms with van der Waals surface area (Å²) in [6, 6.07) is 1.13. The Morgan fingerprint density at radius 2 is 1.11 bits per heavy atom. The van der Waals surface area contributed by atoms with Crippen molar-refractivity contribution in [2.75, 3.05) is 14.1 Å². The zero-order chi connectivity index (χ0) is 13.4. The van der Waals surface area contributed by atoms with E-state index in [0.717, 1.165) is 25.7 Å². The summed E-state index contributed by atoms with van der Waals surface area (Å²) >= 11 is 0. The maximum atomic E-state index is 9.17. The number of nitrogens with one attached hydrogen (secondary N) is 2. The molecule has 0 aromatic heterocycles. The molecule has 0 saturated heterocycles. The Hall–Kier alpha value is -0.160. The van der Waals surface area contributed by atoms with E-state index in [1.54, 1.807) is 0 Å². The molecule has 4 atom stereocenters. The zero-order valence-corrected chi connectivity index (χ0v) is 11.9. The Morgan fingerprint density at radius 1 is 0.722 bits per heavy atom. The van der Waals surface area contributed by atoms with E-state index in [9.17, 15) is 10.2 Å². The van der Waals surface area contributed by atoms with Crippen LogP contribution in [0.15, 0.2) is 0 Å². The van der Waals surface area contributed by atoms with Gasteiger partial charge in [-0.05, 0) is 65.5 Å². The van der Waals surface area contributed by atoms with Crippen molar-refractivity contribution in [3.63, 3.8) is 0 Å². The molecule has 0 aromatic rings. The highest BCUT2D eigenvalue weighted by atomic mass is 16.3. The van der Waals surface area contributed by atoms with E-state index in [-0.39, 0.29) is 12.2 Å². The fourth-order valence-corrected chi connectivity index (χ4v) is 2.85. The van der Waals surface area contributed by atoms with Crippen molar-refractivity contribution in [1.29, 1.82) is 0 Å². The minimum Gasteiger partial charge on any atom is -0.393 e. The molecule has 108 valence electrons. The number of rotatable bonds is 2. The Labute approximate surface area is 111 Å². The molecule has 0 unspecified atom stereocenters. The van der Waals surface area contributed by atoms with E-state index in [0.29, 0.717) is 12.1 Å². The Bertz CT molecular complexity index is 192. The van der Waals surface area contributed by atoms with Crippen LogP contribution < -0.4 is 10.6 Å². The fourth-order valence-electron chi connectivity index (χ4n) is 2.85. The third-order valence-electron chi connectivity index (χ3n) is 4.11. The normalized spacial score (nSPS) is 36.7. The monoisotopic (exact) mass is 258 g/mol. The molecule has 0 aliphatic heterocycles. The van der Waals surface area contributed by atoms with Crippen molar-refractivity contribution >= 4 is 0 Å². The first-order chi connectivity index (χ1) is 8.65. The Morgan fingerprint density at radius 3 is 1.33 bits per heavy atom. The summed E-state index contributed by atoms with van der Waals surface area (Å²) in [6.45, 7) is 0. The number of aliphatic hydroxyl groups is 2. The van der Waals surface area contributed by atoms with Gasteiger partial charge in [-0.25, -0.2) is 0 Å². The van der Waals surface area contributed by atoms with Crippen molar-refractivity contribution in [3.05, 3.63) is 0 Å². The van der Waals surface area contributed by atoms with E-state index in [2.05, 4.69) is 10.6 Å². The summed E-state index contributed by atoms with van der Waals surface area (Å²) in [7, 11) is 3.92. The largest absolute Gasteiger partial charge is 0.393 e. The van der Waals surface area contributed by atoms with Gasteiger partial charge in [-0.2, -0.15) is 0 Å². The van der Waals surface area contributed by atoms with Gasteiger partial charge in [0.2, 0.25) is 0 Å². The van der Waals surface area contributed by atoms with Crippen LogP contribution in [0.3, 0.4) is 0 Å². The summed E-state index contributed by atoms with van der Waals surface area (Å²) in [5, 5.41) is 24.7. The lowest BCUT2D eigenvalue weighted by atomic mass is 9.93. The van der Waals surface area contributed by atoms with Crippen LogP contribution in [0.5, 0.6) is 0 Å². The molecular formula is C14H30N2O2. The van der Waals surface area contributed by atoms with Gasteiger partial charge in [0, 0.05) is 12.1 Å². The Balaban J connectivity index is 0.000000180. The lowest BCUT2D eigenvalue weighted by molar-refractivity contribution is 0.113. The molecule has 0 spiro atoms. The van der Waals surface area contributed by atoms with Crippen LogP contribution in [0.1, 0.15) is 51.4 Å². The lowest BCUT2D eigenvalue weighted by Gasteiger charge is -2.24. The minimum atomic E-state index is -0.0452. The molecule has 0 radical (unpaired) electrons. The minimum absolute atomic E-state index is 0.0452. The molecule has 0 aromatic carbocycles. The first-order valence-electron chi connectivity index (χ1n) is 7.36. The van der Waals surface area contributed by atoms with Crippen molar-refractivity contribution < 1.29 is 10.2 Å². The molecular weight excluding hydrogens is 228 g/mol. The van der Waals surface area contributed by atoms with Gasteiger partial charge < -0.3 is 20.8 Å². The number of aliphatic hydroxyl groups excluding tert-OH is 2. The van der Waals surface area contributed by atoms with Crippen molar-refractivity contribution in [2.24, 2.45) is 0 Å². The quantitative estimate of drug-likeness (QED) is 0.597. The standard InChI is InChI=1S/2C7H15NO/c2*1-8-6-3-2-4-7(9)5-6/h2*6-9H,2-5H2,1H3/t2*6-,7-/m10/s1. The second-order valence-corrected chi connectivity index (χ2v) is 5.61. The molecule has 0 amide bonds. The highest BCUT2D eigenvalue weighted by Gasteiger charge is 2.18. The van der Waals surface area contributed by atoms with Crippen LogP contribution in [-0.2, 0) is 0 Å². The second-order valence-electron chi connectivity index (χ2n) is 5.61. The second kappa shape index (κ2) is 8.86. The van der Waals surface area contributed by atoms with Gasteiger partial charge in [-0.3, -0.25) is 0 Å². The smallest absolute Gasteiger partial charge is 0.0555 e. The zero-order valence-electron chi connectivity index (χ0n) is 11.9. The first-order valence-corrected chi connectivity index (χ1v) is 7.36. The van der Waals surface area contributed by atoms with Crippen molar-refractivity contribution in [3.8, 4) is 0 Å². The van der Waals surface area contributed by atoms with Crippen LogP contribution >= 0.6 is 0 Å². The maximum absolute atomic E-state index is 9.17. The van der Waals surface area contributed by atoms with Gasteiger partial charge in [0.05, 0.1) is 12.2 Å². The number of hydrogen-bond donors (Lipinski definition) is 4. The van der Waals surface area contributed by atoms with Crippen LogP contribution in [0.4, 0.5) is 0 Å². The molecule has 2 fully saturated rings. The lowest BCUT2D eigenvalue weighted by Crippen LogP contribution is -2.33. The third-order valence-corrected chi connectivity index (χ3v) is 4.11. The molecule has 2 saturated carbocycles. The van der Waals surface area contributed by atoms with E-state index in [1.807, 2.05) is 14.1 Å². The Kier molecular flexibility index (Phi) is 7.82. The van der Waals surface area contributed by atoms with Crippen molar-refractivity contribution in [2.45, 2.75) is 75.7 Å². The summed E-state index contributed by atoms with van der Waals surface area (Å²) in [5.41, 5.74) is 0. The van der Waals surface area contributed by atoms with Gasteiger partial charge in [0.25, 0.3) is 0 Å².